The van der Waals surface area contributed by atoms with E-state index in [9.17, 15) is 0 Å². The van der Waals surface area contributed by atoms with Crippen molar-refractivity contribution in [1.29, 1.82) is 0 Å². The van der Waals surface area contributed by atoms with Crippen LogP contribution in [0.4, 0.5) is 0 Å². The second-order valence-corrected chi connectivity index (χ2v) is 10.2. The molecule has 9 heteroatoms. The molecule has 2 aliphatic heterocycles. The number of halogens is 3. The number of fused-ring (bicyclic) bond motifs is 1. The Morgan fingerprint density at radius 1 is 0.973 bits per heavy atom. The van der Waals surface area contributed by atoms with Crippen LogP contribution >= 0.6 is 37.2 Å². The maximum Gasteiger partial charge on any atom is 0.121 e. The van der Waals surface area contributed by atoms with E-state index in [1.807, 2.05) is 0 Å². The summed E-state index contributed by atoms with van der Waals surface area (Å²) >= 11 is 0. The van der Waals surface area contributed by atoms with Gasteiger partial charge in [-0.2, -0.15) is 0 Å². The van der Waals surface area contributed by atoms with Crippen LogP contribution in [0.25, 0.3) is 11.0 Å². The highest BCUT2D eigenvalue weighted by Gasteiger charge is 2.22. The fourth-order valence-corrected chi connectivity index (χ4v) is 5.64. The number of rotatable bonds is 14. The van der Waals surface area contributed by atoms with Gasteiger partial charge in [-0.3, -0.25) is 0 Å². The second-order valence-electron chi connectivity index (χ2n) is 10.2. The van der Waals surface area contributed by atoms with E-state index in [-0.39, 0.29) is 37.2 Å². The molecular weight excluding hydrogens is 529 g/mol. The van der Waals surface area contributed by atoms with Gasteiger partial charge in [0.05, 0.1) is 17.6 Å². The monoisotopic (exact) mass is 577 g/mol. The number of imidazole rings is 1. The van der Waals surface area contributed by atoms with Crippen LogP contribution in [0.2, 0.25) is 0 Å². The molecule has 1 atom stereocenters. The van der Waals surface area contributed by atoms with Gasteiger partial charge < -0.3 is 24.4 Å². The average Bonchev–Trinajstić information content (AvgIpc) is 3.52. The van der Waals surface area contributed by atoms with E-state index in [0.29, 0.717) is 5.92 Å². The van der Waals surface area contributed by atoms with E-state index >= 15 is 0 Å². The minimum Gasteiger partial charge on any atom is -0.493 e. The number of unbranched alkanes of at least 4 members (excludes halogenated alkanes) is 2. The molecule has 0 bridgehead atoms. The minimum absolute atomic E-state index is 0. The summed E-state index contributed by atoms with van der Waals surface area (Å²) in [4.78, 5) is 10.2. The summed E-state index contributed by atoms with van der Waals surface area (Å²) in [5.41, 5.74) is 2.37. The Morgan fingerprint density at radius 3 is 2.43 bits per heavy atom. The summed E-state index contributed by atoms with van der Waals surface area (Å²) in [6.07, 6.45) is 10.1. The van der Waals surface area contributed by atoms with E-state index in [0.717, 1.165) is 63.6 Å². The van der Waals surface area contributed by atoms with E-state index in [2.05, 4.69) is 51.7 Å². The molecule has 4 rings (SSSR count). The maximum atomic E-state index is 6.18. The molecule has 1 aromatic heterocycles. The first-order valence-electron chi connectivity index (χ1n) is 14.1. The summed E-state index contributed by atoms with van der Waals surface area (Å²) < 4.78 is 8.70. The first kappa shape index (κ1) is 34.3. The molecule has 0 amide bonds. The molecule has 2 saturated heterocycles. The molecule has 214 valence electrons. The second kappa shape index (κ2) is 18.5. The topological polar surface area (TPSA) is 45.6 Å². The highest BCUT2D eigenvalue weighted by atomic mass is 35.5. The molecule has 3 heterocycles. The first-order valence-corrected chi connectivity index (χ1v) is 14.1. The quantitative estimate of drug-likeness (QED) is 0.273. The molecule has 2 fully saturated rings. The molecule has 1 aromatic carbocycles. The number of aromatic nitrogens is 2. The normalized spacial score (nSPS) is 17.9. The number of piperidine rings is 1. The van der Waals surface area contributed by atoms with Gasteiger partial charge in [-0.25, -0.2) is 4.98 Å². The number of likely N-dealkylation sites (tertiary alicyclic amines) is 1. The molecule has 37 heavy (non-hydrogen) atoms. The Hall–Kier alpha value is -0.760. The number of aryl methyl sites for hydroxylation is 1. The largest absolute Gasteiger partial charge is 0.493 e. The molecular formula is C28H50Cl3N5O. The number of ether oxygens (including phenoxy) is 1. The van der Waals surface area contributed by atoms with Crippen LogP contribution in [0.1, 0.15) is 77.0 Å². The predicted molar refractivity (Wildman–Crippen MR) is 164 cm³/mol. The van der Waals surface area contributed by atoms with E-state index in [4.69, 9.17) is 9.72 Å². The van der Waals surface area contributed by atoms with Crippen LogP contribution in [0.5, 0.6) is 5.75 Å². The Morgan fingerprint density at radius 2 is 1.73 bits per heavy atom. The molecule has 1 unspecified atom stereocenters. The van der Waals surface area contributed by atoms with Gasteiger partial charge in [0.2, 0.25) is 0 Å². The predicted octanol–water partition coefficient (Wildman–Crippen LogP) is 6.15. The Bertz CT molecular complexity index is 865. The number of nitrogens with one attached hydrogen (secondary N) is 1. The van der Waals surface area contributed by atoms with Crippen LogP contribution in [0.3, 0.4) is 0 Å². The van der Waals surface area contributed by atoms with Crippen molar-refractivity contribution in [3.8, 4) is 5.75 Å². The van der Waals surface area contributed by atoms with Crippen molar-refractivity contribution >= 4 is 48.3 Å². The zero-order valence-corrected chi connectivity index (χ0v) is 25.4. The van der Waals surface area contributed by atoms with Gasteiger partial charge in [0, 0.05) is 31.6 Å². The number of benzene rings is 1. The number of hydrogen-bond donors (Lipinski definition) is 1. The molecule has 0 aliphatic carbocycles. The van der Waals surface area contributed by atoms with Gasteiger partial charge in [0.15, 0.2) is 0 Å². The molecule has 2 aromatic rings. The average molecular weight is 579 g/mol. The summed E-state index contributed by atoms with van der Waals surface area (Å²) in [5.74, 6) is 2.78. The molecule has 0 radical (unpaired) electrons. The van der Waals surface area contributed by atoms with Crippen LogP contribution < -0.4 is 10.1 Å². The number of nitrogens with zero attached hydrogens (tertiary/aromatic N) is 4. The van der Waals surface area contributed by atoms with Crippen molar-refractivity contribution in [3.63, 3.8) is 0 Å². The highest BCUT2D eigenvalue weighted by Crippen LogP contribution is 2.29. The lowest BCUT2D eigenvalue weighted by Crippen LogP contribution is -2.30. The van der Waals surface area contributed by atoms with E-state index in [1.165, 1.54) is 75.9 Å². The van der Waals surface area contributed by atoms with Gasteiger partial charge in [-0.05, 0) is 96.3 Å². The Labute approximate surface area is 243 Å². The summed E-state index contributed by atoms with van der Waals surface area (Å²) in [5, 5.41) is 3.59. The van der Waals surface area contributed by atoms with Gasteiger partial charge in [0.1, 0.15) is 11.6 Å². The maximum absolute atomic E-state index is 6.18. The first-order chi connectivity index (χ1) is 16.8. The van der Waals surface area contributed by atoms with Crippen LogP contribution in [-0.4, -0.2) is 78.3 Å². The molecule has 2 aliphatic rings. The smallest absolute Gasteiger partial charge is 0.121 e. The fourth-order valence-electron chi connectivity index (χ4n) is 5.64. The summed E-state index contributed by atoms with van der Waals surface area (Å²) in [6, 6.07) is 6.51. The fraction of sp³-hybridized carbons (Fsp3) is 0.750. The van der Waals surface area contributed by atoms with Gasteiger partial charge in [-0.15, -0.1) is 37.2 Å². The third-order valence-corrected chi connectivity index (χ3v) is 7.75. The van der Waals surface area contributed by atoms with Crippen LogP contribution in [0.15, 0.2) is 18.2 Å². The van der Waals surface area contributed by atoms with Gasteiger partial charge in [-0.1, -0.05) is 20.3 Å². The van der Waals surface area contributed by atoms with Crippen molar-refractivity contribution in [2.45, 2.75) is 77.7 Å². The number of hydrogen-bond acceptors (Lipinski definition) is 5. The molecule has 6 nitrogen and oxygen atoms in total. The van der Waals surface area contributed by atoms with Crippen LogP contribution in [0, 0.1) is 0 Å². The lowest BCUT2D eigenvalue weighted by Gasteiger charge is -2.23. The standard InChI is InChI=1S/C28H47N5O.3ClH/c1-3-31(4-2)19-11-21-34-25-13-14-26-27(22-25)33(28(30-26)24-12-10-15-29-23-24)20-7-5-6-16-32-17-8-9-18-32;;;/h13-14,22,24,29H,3-12,15-21,23H2,1-2H3;3*1H. The molecule has 0 spiro atoms. The molecule has 1 N–H and O–H groups in total. The zero-order valence-electron chi connectivity index (χ0n) is 23.0. The van der Waals surface area contributed by atoms with Gasteiger partial charge in [0.25, 0.3) is 0 Å². The molecule has 0 saturated carbocycles. The Kier molecular flexibility index (Phi) is 17.1. The lowest BCUT2D eigenvalue weighted by atomic mass is 9.99. The zero-order chi connectivity index (χ0) is 23.6. The van der Waals surface area contributed by atoms with Crippen molar-refractivity contribution in [2.24, 2.45) is 0 Å². The van der Waals surface area contributed by atoms with Gasteiger partial charge >= 0.3 is 0 Å². The van der Waals surface area contributed by atoms with E-state index in [1.54, 1.807) is 0 Å². The van der Waals surface area contributed by atoms with Crippen molar-refractivity contribution in [2.75, 3.05) is 59.0 Å². The SMILES string of the molecule is CCN(CC)CCCOc1ccc2nc(C3CCCNC3)n(CCCCCN3CCCC3)c2c1.Cl.Cl.Cl. The van der Waals surface area contributed by atoms with E-state index < -0.39 is 0 Å². The van der Waals surface area contributed by atoms with Crippen molar-refractivity contribution < 1.29 is 4.74 Å². The third-order valence-electron chi connectivity index (χ3n) is 7.75. The third kappa shape index (κ3) is 10.1. The summed E-state index contributed by atoms with van der Waals surface area (Å²) in [7, 11) is 0. The Balaban J connectivity index is 0.00000228. The van der Waals surface area contributed by atoms with Crippen LogP contribution in [-0.2, 0) is 6.54 Å². The lowest BCUT2D eigenvalue weighted by molar-refractivity contribution is 0.249. The minimum atomic E-state index is 0. The van der Waals surface area contributed by atoms with Crippen molar-refractivity contribution in [1.82, 2.24) is 24.7 Å². The highest BCUT2D eigenvalue weighted by molar-refractivity contribution is 5.86. The van der Waals surface area contributed by atoms with Crippen molar-refractivity contribution in [3.05, 3.63) is 24.0 Å². The summed E-state index contributed by atoms with van der Waals surface area (Å²) in [6.45, 7) is 15.7.